The number of nitrogens with one attached hydrogen (secondary N) is 1. The van der Waals surface area contributed by atoms with Gasteiger partial charge in [-0.3, -0.25) is 4.79 Å². The second-order valence-electron chi connectivity index (χ2n) is 4.93. The van der Waals surface area contributed by atoms with E-state index in [0.717, 1.165) is 11.1 Å². The van der Waals surface area contributed by atoms with Crippen molar-refractivity contribution in [2.24, 2.45) is 0 Å². The van der Waals surface area contributed by atoms with Crippen LogP contribution in [-0.4, -0.2) is 9.97 Å². The minimum atomic E-state index is -0.202. The van der Waals surface area contributed by atoms with Crippen molar-refractivity contribution in [1.82, 2.24) is 9.97 Å². The Hall–Kier alpha value is -2.10. The molecule has 3 nitrogen and oxygen atoms in total. The van der Waals surface area contributed by atoms with Crippen molar-refractivity contribution in [3.05, 3.63) is 74.8 Å². The molecule has 0 unspecified atom stereocenters. The van der Waals surface area contributed by atoms with Gasteiger partial charge in [-0.15, -0.1) is 0 Å². The van der Waals surface area contributed by atoms with Crippen LogP contribution in [-0.2, 0) is 0 Å². The summed E-state index contributed by atoms with van der Waals surface area (Å²) < 4.78 is 0. The topological polar surface area (TPSA) is 45.8 Å². The van der Waals surface area contributed by atoms with Gasteiger partial charge in [-0.1, -0.05) is 47.5 Å². The molecule has 1 N–H and O–H groups in total. The minimum Gasteiger partial charge on any atom is -0.305 e. The van der Waals surface area contributed by atoms with E-state index < -0.39 is 0 Å². The Balaban J connectivity index is 2.11. The van der Waals surface area contributed by atoms with Gasteiger partial charge < -0.3 is 4.98 Å². The van der Waals surface area contributed by atoms with Crippen molar-refractivity contribution >= 4 is 45.2 Å². The van der Waals surface area contributed by atoms with Gasteiger partial charge in [-0.2, -0.15) is 0 Å². The normalized spacial score (nSPS) is 11.9. The highest BCUT2D eigenvalue weighted by atomic mass is 35.5. The van der Waals surface area contributed by atoms with E-state index in [2.05, 4.69) is 9.97 Å². The van der Waals surface area contributed by atoms with Crippen LogP contribution in [0.25, 0.3) is 22.0 Å². The number of halogens is 2. The fourth-order valence-electron chi connectivity index (χ4n) is 2.19. The monoisotopic (exact) mass is 330 g/mol. The summed E-state index contributed by atoms with van der Waals surface area (Å²) in [6.07, 6.45) is 1.74. The number of rotatable bonds is 2. The van der Waals surface area contributed by atoms with E-state index >= 15 is 0 Å². The van der Waals surface area contributed by atoms with E-state index in [9.17, 15) is 4.79 Å². The zero-order chi connectivity index (χ0) is 15.7. The van der Waals surface area contributed by atoms with Crippen LogP contribution in [0.1, 0.15) is 17.0 Å². The quantitative estimate of drug-likeness (QED) is 0.745. The molecule has 0 saturated heterocycles. The van der Waals surface area contributed by atoms with Gasteiger partial charge in [0, 0.05) is 5.02 Å². The van der Waals surface area contributed by atoms with Crippen LogP contribution in [0.2, 0.25) is 5.02 Å². The Morgan fingerprint density at radius 3 is 2.64 bits per heavy atom. The third-order valence-electron chi connectivity index (χ3n) is 3.33. The first-order chi connectivity index (χ1) is 10.5. The molecule has 3 rings (SSSR count). The van der Waals surface area contributed by atoms with Crippen molar-refractivity contribution in [2.45, 2.75) is 6.92 Å². The highest BCUT2D eigenvalue weighted by Gasteiger charge is 2.08. The maximum Gasteiger partial charge on any atom is 0.259 e. The molecule has 0 saturated carbocycles. The number of aromatic nitrogens is 2. The fourth-order valence-corrected chi connectivity index (χ4v) is 2.53. The SMILES string of the molecule is Cc1cccc2c(=O)[nH]c(/C(Cl)=C/c3ccc(Cl)cc3)nc12. The van der Waals surface area contributed by atoms with Crippen molar-refractivity contribution in [3.63, 3.8) is 0 Å². The smallest absolute Gasteiger partial charge is 0.259 e. The number of aryl methyl sites for hydroxylation is 1. The van der Waals surface area contributed by atoms with Crippen LogP contribution in [0.4, 0.5) is 0 Å². The van der Waals surface area contributed by atoms with Gasteiger partial charge in [-0.25, -0.2) is 4.98 Å². The van der Waals surface area contributed by atoms with Crippen LogP contribution in [0, 0.1) is 6.92 Å². The molecule has 0 amide bonds. The molecule has 0 bridgehead atoms. The van der Waals surface area contributed by atoms with Crippen molar-refractivity contribution in [1.29, 1.82) is 0 Å². The largest absolute Gasteiger partial charge is 0.305 e. The molecule has 22 heavy (non-hydrogen) atoms. The number of H-pyrrole nitrogens is 1. The van der Waals surface area contributed by atoms with E-state index in [1.807, 2.05) is 31.2 Å². The van der Waals surface area contributed by atoms with Crippen LogP contribution in [0.15, 0.2) is 47.3 Å². The number of nitrogens with zero attached hydrogens (tertiary/aromatic N) is 1. The second-order valence-corrected chi connectivity index (χ2v) is 5.77. The average Bonchev–Trinajstić information content (AvgIpc) is 2.50. The second kappa shape index (κ2) is 5.95. The molecule has 110 valence electrons. The lowest BCUT2D eigenvalue weighted by Crippen LogP contribution is -2.11. The lowest BCUT2D eigenvalue weighted by molar-refractivity contribution is 1.13. The Morgan fingerprint density at radius 2 is 1.91 bits per heavy atom. The van der Waals surface area contributed by atoms with Crippen molar-refractivity contribution < 1.29 is 0 Å². The van der Waals surface area contributed by atoms with Gasteiger partial charge in [-0.05, 0) is 42.3 Å². The maximum atomic E-state index is 12.2. The lowest BCUT2D eigenvalue weighted by atomic mass is 10.1. The number of hydrogen-bond acceptors (Lipinski definition) is 2. The van der Waals surface area contributed by atoms with Crippen molar-refractivity contribution in [2.75, 3.05) is 0 Å². The van der Waals surface area contributed by atoms with E-state index in [-0.39, 0.29) is 5.56 Å². The van der Waals surface area contributed by atoms with E-state index in [1.165, 1.54) is 0 Å². The average molecular weight is 331 g/mol. The van der Waals surface area contributed by atoms with Gasteiger partial charge in [0.05, 0.1) is 15.9 Å². The molecule has 1 heterocycles. The molecule has 0 spiro atoms. The summed E-state index contributed by atoms with van der Waals surface area (Å²) in [5.41, 5.74) is 2.26. The molecular weight excluding hydrogens is 319 g/mol. The highest BCUT2D eigenvalue weighted by Crippen LogP contribution is 2.21. The molecule has 0 aliphatic heterocycles. The summed E-state index contributed by atoms with van der Waals surface area (Å²) in [4.78, 5) is 19.3. The number of aromatic amines is 1. The standard InChI is InChI=1S/C17H12Cl2N2O/c1-10-3-2-4-13-15(10)20-16(21-17(13)22)14(19)9-11-5-7-12(18)8-6-11/h2-9H,1H3,(H,20,21,22)/b14-9-. The molecule has 5 heteroatoms. The zero-order valence-electron chi connectivity index (χ0n) is 11.7. The Morgan fingerprint density at radius 1 is 1.18 bits per heavy atom. The van der Waals surface area contributed by atoms with Crippen LogP contribution >= 0.6 is 23.2 Å². The third kappa shape index (κ3) is 2.91. The van der Waals surface area contributed by atoms with Gasteiger partial charge in [0.15, 0.2) is 5.82 Å². The minimum absolute atomic E-state index is 0.202. The predicted molar refractivity (Wildman–Crippen MR) is 92.3 cm³/mol. The zero-order valence-corrected chi connectivity index (χ0v) is 13.2. The maximum absolute atomic E-state index is 12.2. The van der Waals surface area contributed by atoms with Gasteiger partial charge >= 0.3 is 0 Å². The van der Waals surface area contributed by atoms with Gasteiger partial charge in [0.1, 0.15) is 0 Å². The van der Waals surface area contributed by atoms with E-state index in [0.29, 0.717) is 26.8 Å². The first kappa shape index (κ1) is 14.8. The van der Waals surface area contributed by atoms with E-state index in [4.69, 9.17) is 23.2 Å². The van der Waals surface area contributed by atoms with Crippen LogP contribution in [0.3, 0.4) is 0 Å². The molecule has 0 fully saturated rings. The summed E-state index contributed by atoms with van der Waals surface area (Å²) in [6, 6.07) is 12.7. The molecule has 1 aromatic heterocycles. The lowest BCUT2D eigenvalue weighted by Gasteiger charge is -2.04. The Labute approximate surface area is 137 Å². The number of para-hydroxylation sites is 1. The molecule has 0 aliphatic carbocycles. The molecule has 0 atom stereocenters. The third-order valence-corrected chi connectivity index (χ3v) is 3.87. The Bertz CT molecular complexity index is 928. The highest BCUT2D eigenvalue weighted by molar-refractivity contribution is 6.50. The van der Waals surface area contributed by atoms with Crippen LogP contribution < -0.4 is 5.56 Å². The predicted octanol–water partition coefficient (Wildman–Crippen LogP) is 4.62. The summed E-state index contributed by atoms with van der Waals surface area (Å²) in [6.45, 7) is 1.91. The molecule has 0 aliphatic rings. The Kier molecular flexibility index (Phi) is 4.01. The fraction of sp³-hybridized carbons (Fsp3) is 0.0588. The summed E-state index contributed by atoms with van der Waals surface area (Å²) >= 11 is 12.2. The summed E-state index contributed by atoms with van der Waals surface area (Å²) in [5.74, 6) is 0.350. The molecule has 3 aromatic rings. The molecular formula is C17H12Cl2N2O. The molecule has 0 radical (unpaired) electrons. The first-order valence-corrected chi connectivity index (χ1v) is 7.43. The number of hydrogen-bond donors (Lipinski definition) is 1. The van der Waals surface area contributed by atoms with Crippen LogP contribution in [0.5, 0.6) is 0 Å². The van der Waals surface area contributed by atoms with Crippen molar-refractivity contribution in [3.8, 4) is 0 Å². The number of benzene rings is 2. The van der Waals surface area contributed by atoms with Gasteiger partial charge in [0.2, 0.25) is 0 Å². The van der Waals surface area contributed by atoms with E-state index in [1.54, 1.807) is 24.3 Å². The summed E-state index contributed by atoms with van der Waals surface area (Å²) in [7, 11) is 0. The molecule has 2 aromatic carbocycles. The first-order valence-electron chi connectivity index (χ1n) is 6.67. The van der Waals surface area contributed by atoms with Gasteiger partial charge in [0.25, 0.3) is 5.56 Å². The number of fused-ring (bicyclic) bond motifs is 1. The summed E-state index contributed by atoms with van der Waals surface area (Å²) in [5, 5.41) is 1.57.